The number of hydrogen-bond acceptors (Lipinski definition) is 6. The number of rotatable bonds is 10. The van der Waals surface area contributed by atoms with Crippen LogP contribution in [-0.4, -0.2) is 40.0 Å². The molecule has 0 radical (unpaired) electrons. The molecule has 0 bridgehead atoms. The van der Waals surface area contributed by atoms with Gasteiger partial charge in [0.1, 0.15) is 0 Å². The third-order valence-electron chi connectivity index (χ3n) is 4.88. The summed E-state index contributed by atoms with van der Waals surface area (Å²) in [7, 11) is -3.82. The highest BCUT2D eigenvalue weighted by atomic mass is 35.5. The molecule has 3 aromatic rings. The number of carbonyl (C=O) groups is 2. The van der Waals surface area contributed by atoms with Gasteiger partial charge in [-0.15, -0.1) is 0 Å². The molecule has 10 heteroatoms. The van der Waals surface area contributed by atoms with Gasteiger partial charge in [-0.2, -0.15) is 5.26 Å². The van der Waals surface area contributed by atoms with E-state index in [2.05, 4.69) is 4.72 Å². The molecule has 176 valence electrons. The molecule has 0 heterocycles. The third-order valence-corrected chi connectivity index (χ3v) is 6.57. The zero-order valence-corrected chi connectivity index (χ0v) is 19.7. The van der Waals surface area contributed by atoms with Gasteiger partial charge in [0.15, 0.2) is 6.61 Å². The van der Waals surface area contributed by atoms with Crippen LogP contribution in [0.1, 0.15) is 12.8 Å². The zero-order chi connectivity index (χ0) is 24.6. The van der Waals surface area contributed by atoms with E-state index >= 15 is 0 Å². The van der Waals surface area contributed by atoms with E-state index in [9.17, 15) is 18.0 Å². The van der Waals surface area contributed by atoms with E-state index in [1.807, 2.05) is 30.3 Å². The summed E-state index contributed by atoms with van der Waals surface area (Å²) in [6.07, 6.45) is -0.168. The lowest BCUT2D eigenvalue weighted by Gasteiger charge is -2.21. The summed E-state index contributed by atoms with van der Waals surface area (Å²) >= 11 is 5.98. The van der Waals surface area contributed by atoms with Gasteiger partial charge in [-0.05, 0) is 41.1 Å². The highest BCUT2D eigenvalue weighted by molar-refractivity contribution is 7.89. The Morgan fingerprint density at radius 2 is 1.79 bits per heavy atom. The number of nitriles is 1. The van der Waals surface area contributed by atoms with Gasteiger partial charge in [0.2, 0.25) is 10.0 Å². The lowest BCUT2D eigenvalue weighted by Crippen LogP contribution is -2.36. The number of hydrogen-bond donors (Lipinski definition) is 1. The van der Waals surface area contributed by atoms with Gasteiger partial charge < -0.3 is 9.64 Å². The lowest BCUT2D eigenvalue weighted by atomic mass is 10.1. The Balaban J connectivity index is 1.52. The van der Waals surface area contributed by atoms with E-state index in [-0.39, 0.29) is 30.8 Å². The SMILES string of the molecule is N#CCCN(C(=O)COC(=O)CCNS(=O)(=O)c1ccc2ccccc2c1)c1cccc(Cl)c1. The summed E-state index contributed by atoms with van der Waals surface area (Å²) < 4.78 is 32.5. The van der Waals surface area contributed by atoms with Gasteiger partial charge in [0, 0.05) is 23.8 Å². The van der Waals surface area contributed by atoms with Crippen LogP contribution >= 0.6 is 11.6 Å². The highest BCUT2D eigenvalue weighted by Gasteiger charge is 2.19. The predicted octanol–water partition coefficient (Wildman–Crippen LogP) is 3.65. The number of sulfonamides is 1. The number of benzene rings is 3. The summed E-state index contributed by atoms with van der Waals surface area (Å²) in [5, 5.41) is 11.0. The molecule has 0 saturated heterocycles. The summed E-state index contributed by atoms with van der Waals surface area (Å²) in [5.74, 6) is -1.26. The number of amides is 1. The number of carbonyl (C=O) groups excluding carboxylic acids is 2. The Morgan fingerprint density at radius 3 is 2.53 bits per heavy atom. The number of nitrogens with zero attached hydrogens (tertiary/aromatic N) is 2. The van der Waals surface area contributed by atoms with Crippen LogP contribution in [0.5, 0.6) is 0 Å². The van der Waals surface area contributed by atoms with Gasteiger partial charge in [-0.3, -0.25) is 9.59 Å². The fraction of sp³-hybridized carbons (Fsp3) is 0.208. The Labute approximate surface area is 202 Å². The maximum atomic E-state index is 12.6. The molecule has 0 spiro atoms. The van der Waals surface area contributed by atoms with Crippen LogP contribution in [-0.2, 0) is 24.3 Å². The van der Waals surface area contributed by atoms with Crippen LogP contribution in [0.25, 0.3) is 10.8 Å². The molecular formula is C24H22ClN3O5S. The maximum absolute atomic E-state index is 12.6. The molecular weight excluding hydrogens is 478 g/mol. The fourth-order valence-electron chi connectivity index (χ4n) is 3.20. The summed E-state index contributed by atoms with van der Waals surface area (Å²) in [6, 6.07) is 20.6. The number of fused-ring (bicyclic) bond motifs is 1. The molecule has 0 aliphatic rings. The average molecular weight is 500 g/mol. The fourth-order valence-corrected chi connectivity index (χ4v) is 4.45. The van der Waals surface area contributed by atoms with Crippen molar-refractivity contribution in [3.63, 3.8) is 0 Å². The van der Waals surface area contributed by atoms with Crippen molar-refractivity contribution < 1.29 is 22.7 Å². The van der Waals surface area contributed by atoms with Crippen LogP contribution in [0, 0.1) is 11.3 Å². The van der Waals surface area contributed by atoms with Gasteiger partial charge in [0.05, 0.1) is 23.8 Å². The Hall–Kier alpha value is -3.45. The molecule has 34 heavy (non-hydrogen) atoms. The Kier molecular flexibility index (Phi) is 8.60. The minimum atomic E-state index is -3.82. The first kappa shape index (κ1) is 25.2. The molecule has 8 nitrogen and oxygen atoms in total. The first-order chi connectivity index (χ1) is 16.3. The van der Waals surface area contributed by atoms with Crippen LogP contribution in [0.3, 0.4) is 0 Å². The number of nitrogens with one attached hydrogen (secondary N) is 1. The molecule has 1 N–H and O–H groups in total. The monoisotopic (exact) mass is 499 g/mol. The molecule has 3 aromatic carbocycles. The lowest BCUT2D eigenvalue weighted by molar-refractivity contribution is -0.147. The topological polar surface area (TPSA) is 117 Å². The number of ether oxygens (including phenoxy) is 1. The number of anilines is 1. The van der Waals surface area contributed by atoms with E-state index in [0.29, 0.717) is 10.7 Å². The minimum Gasteiger partial charge on any atom is -0.456 e. The van der Waals surface area contributed by atoms with Gasteiger partial charge in [-0.25, -0.2) is 13.1 Å². The van der Waals surface area contributed by atoms with Crippen LogP contribution in [0.2, 0.25) is 5.02 Å². The van der Waals surface area contributed by atoms with Crippen molar-refractivity contribution in [2.45, 2.75) is 17.7 Å². The highest BCUT2D eigenvalue weighted by Crippen LogP contribution is 2.20. The average Bonchev–Trinajstić information content (AvgIpc) is 2.82. The zero-order valence-electron chi connectivity index (χ0n) is 18.1. The van der Waals surface area contributed by atoms with E-state index in [4.69, 9.17) is 21.6 Å². The predicted molar refractivity (Wildman–Crippen MR) is 129 cm³/mol. The largest absolute Gasteiger partial charge is 0.456 e. The summed E-state index contributed by atoms with van der Waals surface area (Å²) in [6.45, 7) is -0.623. The van der Waals surface area contributed by atoms with Crippen molar-refractivity contribution in [3.8, 4) is 6.07 Å². The minimum absolute atomic E-state index is 0.0861. The first-order valence-corrected chi connectivity index (χ1v) is 12.2. The van der Waals surface area contributed by atoms with Crippen molar-refractivity contribution in [2.75, 3.05) is 24.6 Å². The quantitative estimate of drug-likeness (QED) is 0.425. The van der Waals surface area contributed by atoms with Gasteiger partial charge in [-0.1, -0.05) is 48.0 Å². The van der Waals surface area contributed by atoms with E-state index in [1.165, 1.54) is 11.0 Å². The standard InChI is InChI=1S/C24H22ClN3O5S/c25-20-7-3-8-21(16-20)28(14-4-12-26)23(29)17-33-24(30)11-13-27-34(31,32)22-10-9-18-5-1-2-6-19(18)15-22/h1-3,5-10,15-16,27H,4,11,13-14,17H2. The molecule has 0 atom stereocenters. The molecule has 0 aromatic heterocycles. The van der Waals surface area contributed by atoms with Crippen molar-refractivity contribution >= 4 is 50.0 Å². The first-order valence-electron chi connectivity index (χ1n) is 10.4. The van der Waals surface area contributed by atoms with Crippen LogP contribution in [0.15, 0.2) is 71.6 Å². The maximum Gasteiger partial charge on any atom is 0.307 e. The number of esters is 1. The smallest absolute Gasteiger partial charge is 0.307 e. The van der Waals surface area contributed by atoms with Crippen molar-refractivity contribution in [1.82, 2.24) is 4.72 Å². The molecule has 0 fully saturated rings. The molecule has 3 rings (SSSR count). The second-order valence-corrected chi connectivity index (χ2v) is 9.45. The van der Waals surface area contributed by atoms with E-state index < -0.39 is 28.5 Å². The van der Waals surface area contributed by atoms with Crippen molar-refractivity contribution in [2.24, 2.45) is 0 Å². The van der Waals surface area contributed by atoms with E-state index in [1.54, 1.807) is 36.4 Å². The normalized spacial score (nSPS) is 11.1. The summed E-state index contributed by atoms with van der Waals surface area (Å²) in [5.41, 5.74) is 0.479. The van der Waals surface area contributed by atoms with E-state index in [0.717, 1.165) is 10.8 Å². The second kappa shape index (κ2) is 11.6. The Bertz CT molecular complexity index is 1340. The second-order valence-electron chi connectivity index (χ2n) is 7.25. The molecule has 1 amide bonds. The van der Waals surface area contributed by atoms with Gasteiger partial charge >= 0.3 is 5.97 Å². The van der Waals surface area contributed by atoms with Crippen LogP contribution in [0.4, 0.5) is 5.69 Å². The third kappa shape index (κ3) is 6.78. The van der Waals surface area contributed by atoms with Crippen LogP contribution < -0.4 is 9.62 Å². The van der Waals surface area contributed by atoms with Crippen molar-refractivity contribution in [3.05, 3.63) is 71.8 Å². The molecule has 0 aliphatic heterocycles. The van der Waals surface area contributed by atoms with Crippen molar-refractivity contribution in [1.29, 1.82) is 5.26 Å². The molecule has 0 aliphatic carbocycles. The number of halogens is 1. The van der Waals surface area contributed by atoms with Gasteiger partial charge in [0.25, 0.3) is 5.91 Å². The molecule has 0 saturated carbocycles. The summed E-state index contributed by atoms with van der Waals surface area (Å²) in [4.78, 5) is 26.0. The molecule has 0 unspecified atom stereocenters. The Morgan fingerprint density at radius 1 is 1.03 bits per heavy atom.